The molecule has 2 aromatic heterocycles. The molecule has 0 aliphatic rings. The molecule has 0 fully saturated rings. The SMILES string of the molecule is CSc1nc2scc(-c3ccccc3)c2c(=O)n1C(C)C(=O)O. The summed E-state index contributed by atoms with van der Waals surface area (Å²) in [5.74, 6) is -1.06. The normalized spacial score (nSPS) is 12.4. The van der Waals surface area contributed by atoms with Crippen molar-refractivity contribution >= 4 is 39.3 Å². The van der Waals surface area contributed by atoms with Gasteiger partial charge in [0.1, 0.15) is 10.9 Å². The highest BCUT2D eigenvalue weighted by molar-refractivity contribution is 7.98. The highest BCUT2D eigenvalue weighted by Crippen LogP contribution is 2.32. The lowest BCUT2D eigenvalue weighted by Crippen LogP contribution is -2.30. The molecule has 7 heteroatoms. The molecule has 0 aliphatic carbocycles. The molecular formula is C16H14N2O3S2. The van der Waals surface area contributed by atoms with Gasteiger partial charge >= 0.3 is 5.97 Å². The molecule has 0 saturated heterocycles. The monoisotopic (exact) mass is 346 g/mol. The Bertz CT molecular complexity index is 932. The van der Waals surface area contributed by atoms with Gasteiger partial charge in [0.05, 0.1) is 5.39 Å². The number of hydrogen-bond donors (Lipinski definition) is 1. The van der Waals surface area contributed by atoms with Gasteiger partial charge in [-0.1, -0.05) is 42.1 Å². The zero-order chi connectivity index (χ0) is 16.6. The van der Waals surface area contributed by atoms with Gasteiger partial charge in [-0.15, -0.1) is 11.3 Å². The van der Waals surface area contributed by atoms with Crippen molar-refractivity contribution in [1.29, 1.82) is 0 Å². The number of carboxylic acids is 1. The Balaban J connectivity index is 2.35. The third-order valence-corrected chi connectivity index (χ3v) is 5.14. The van der Waals surface area contributed by atoms with Gasteiger partial charge in [0.2, 0.25) is 0 Å². The van der Waals surface area contributed by atoms with Crippen molar-refractivity contribution in [2.75, 3.05) is 6.26 Å². The number of hydrogen-bond acceptors (Lipinski definition) is 5. The molecule has 118 valence electrons. The highest BCUT2D eigenvalue weighted by Gasteiger charge is 2.23. The fourth-order valence-electron chi connectivity index (χ4n) is 2.41. The molecule has 0 aliphatic heterocycles. The first-order valence-corrected chi connectivity index (χ1v) is 9.01. The molecule has 5 nitrogen and oxygen atoms in total. The number of thioether (sulfide) groups is 1. The van der Waals surface area contributed by atoms with Crippen LogP contribution in [0.1, 0.15) is 13.0 Å². The lowest BCUT2D eigenvalue weighted by atomic mass is 10.1. The number of aliphatic carboxylic acids is 1. The summed E-state index contributed by atoms with van der Waals surface area (Å²) in [5.41, 5.74) is 1.40. The molecule has 3 aromatic rings. The van der Waals surface area contributed by atoms with E-state index in [0.29, 0.717) is 15.4 Å². The number of rotatable bonds is 4. The van der Waals surface area contributed by atoms with Crippen LogP contribution in [0.25, 0.3) is 21.3 Å². The fourth-order valence-corrected chi connectivity index (χ4v) is 4.03. The molecule has 23 heavy (non-hydrogen) atoms. The first-order chi connectivity index (χ1) is 11.0. The molecule has 0 amide bonds. The largest absolute Gasteiger partial charge is 0.480 e. The van der Waals surface area contributed by atoms with Crippen molar-refractivity contribution in [3.8, 4) is 11.1 Å². The van der Waals surface area contributed by atoms with Crippen LogP contribution in [0.15, 0.2) is 45.7 Å². The van der Waals surface area contributed by atoms with E-state index in [4.69, 9.17) is 0 Å². The van der Waals surface area contributed by atoms with E-state index in [9.17, 15) is 14.7 Å². The first kappa shape index (κ1) is 15.8. The predicted octanol–water partition coefficient (Wildman–Crippen LogP) is 3.49. The fraction of sp³-hybridized carbons (Fsp3) is 0.188. The van der Waals surface area contributed by atoms with Crippen LogP contribution in [0, 0.1) is 0 Å². The lowest BCUT2D eigenvalue weighted by Gasteiger charge is -2.14. The zero-order valence-corrected chi connectivity index (χ0v) is 14.1. The number of thiophene rings is 1. The third-order valence-electron chi connectivity index (χ3n) is 3.62. The summed E-state index contributed by atoms with van der Waals surface area (Å²) < 4.78 is 1.26. The van der Waals surface area contributed by atoms with Crippen molar-refractivity contribution < 1.29 is 9.90 Å². The van der Waals surface area contributed by atoms with E-state index in [2.05, 4.69) is 4.98 Å². The molecule has 0 bridgehead atoms. The van der Waals surface area contributed by atoms with Gasteiger partial charge < -0.3 is 5.11 Å². The highest BCUT2D eigenvalue weighted by atomic mass is 32.2. The summed E-state index contributed by atoms with van der Waals surface area (Å²) in [6.45, 7) is 1.49. The summed E-state index contributed by atoms with van der Waals surface area (Å²) in [7, 11) is 0. The van der Waals surface area contributed by atoms with Crippen LogP contribution in [0.5, 0.6) is 0 Å². The topological polar surface area (TPSA) is 72.2 Å². The second kappa shape index (κ2) is 6.17. The Hall–Kier alpha value is -2.12. The number of aromatic nitrogens is 2. The minimum atomic E-state index is -1.06. The number of benzene rings is 1. The molecule has 0 saturated carbocycles. The van der Waals surface area contributed by atoms with Crippen LogP contribution < -0.4 is 5.56 Å². The minimum absolute atomic E-state index is 0.311. The molecule has 0 spiro atoms. The van der Waals surface area contributed by atoms with Gasteiger partial charge in [-0.05, 0) is 18.7 Å². The number of carbonyl (C=O) groups is 1. The van der Waals surface area contributed by atoms with E-state index in [-0.39, 0.29) is 5.56 Å². The Kier molecular flexibility index (Phi) is 4.23. The quantitative estimate of drug-likeness (QED) is 0.578. The summed E-state index contributed by atoms with van der Waals surface area (Å²) in [4.78, 5) is 29.4. The van der Waals surface area contributed by atoms with Crippen molar-refractivity contribution in [2.24, 2.45) is 0 Å². The third kappa shape index (κ3) is 2.66. The second-order valence-electron chi connectivity index (χ2n) is 4.98. The van der Waals surface area contributed by atoms with Gasteiger partial charge in [-0.3, -0.25) is 9.36 Å². The average molecular weight is 346 g/mol. The maximum atomic E-state index is 13.0. The maximum Gasteiger partial charge on any atom is 0.326 e. The van der Waals surface area contributed by atoms with Crippen LogP contribution in [0.4, 0.5) is 0 Å². The lowest BCUT2D eigenvalue weighted by molar-refractivity contribution is -0.140. The van der Waals surface area contributed by atoms with E-state index < -0.39 is 12.0 Å². The molecule has 1 N–H and O–H groups in total. The predicted molar refractivity (Wildman–Crippen MR) is 93.4 cm³/mol. The first-order valence-electron chi connectivity index (χ1n) is 6.90. The number of nitrogens with zero attached hydrogens (tertiary/aromatic N) is 2. The van der Waals surface area contributed by atoms with E-state index in [1.165, 1.54) is 34.6 Å². The van der Waals surface area contributed by atoms with Crippen LogP contribution in [-0.2, 0) is 4.79 Å². The minimum Gasteiger partial charge on any atom is -0.480 e. The van der Waals surface area contributed by atoms with E-state index >= 15 is 0 Å². The van der Waals surface area contributed by atoms with Gasteiger partial charge in [0, 0.05) is 10.9 Å². The molecule has 0 radical (unpaired) electrons. The van der Waals surface area contributed by atoms with E-state index in [1.807, 2.05) is 35.7 Å². The van der Waals surface area contributed by atoms with E-state index in [0.717, 1.165) is 11.1 Å². The zero-order valence-electron chi connectivity index (χ0n) is 12.5. The van der Waals surface area contributed by atoms with Crippen molar-refractivity contribution in [2.45, 2.75) is 18.1 Å². The van der Waals surface area contributed by atoms with Crippen molar-refractivity contribution in [3.05, 3.63) is 46.1 Å². The maximum absolute atomic E-state index is 13.0. The van der Waals surface area contributed by atoms with Crippen LogP contribution in [-0.4, -0.2) is 26.9 Å². The Labute approximate surface area is 140 Å². The molecule has 1 unspecified atom stereocenters. The van der Waals surface area contributed by atoms with Gasteiger partial charge in [-0.2, -0.15) is 0 Å². The Morgan fingerprint density at radius 3 is 2.65 bits per heavy atom. The van der Waals surface area contributed by atoms with Gasteiger partial charge in [0.25, 0.3) is 5.56 Å². The van der Waals surface area contributed by atoms with Crippen molar-refractivity contribution in [1.82, 2.24) is 9.55 Å². The van der Waals surface area contributed by atoms with Crippen LogP contribution in [0.2, 0.25) is 0 Å². The second-order valence-corrected chi connectivity index (χ2v) is 6.61. The average Bonchev–Trinajstić information content (AvgIpc) is 2.99. The van der Waals surface area contributed by atoms with E-state index in [1.54, 1.807) is 6.26 Å². The van der Waals surface area contributed by atoms with Gasteiger partial charge in [-0.25, -0.2) is 9.78 Å². The van der Waals surface area contributed by atoms with Crippen LogP contribution in [0.3, 0.4) is 0 Å². The summed E-state index contributed by atoms with van der Waals surface area (Å²) in [6, 6.07) is 8.60. The smallest absolute Gasteiger partial charge is 0.326 e. The Morgan fingerprint density at radius 1 is 1.35 bits per heavy atom. The van der Waals surface area contributed by atoms with Crippen LogP contribution >= 0.6 is 23.1 Å². The molecule has 2 heterocycles. The summed E-state index contributed by atoms with van der Waals surface area (Å²) >= 11 is 2.67. The standard InChI is InChI=1S/C16H14N2O3S2/c1-9(15(20)21)18-14(19)12-11(10-6-4-3-5-7-10)8-23-13(12)17-16(18)22-2/h3-9H,1-2H3,(H,20,21). The van der Waals surface area contributed by atoms with Crippen molar-refractivity contribution in [3.63, 3.8) is 0 Å². The number of fused-ring (bicyclic) bond motifs is 1. The Morgan fingerprint density at radius 2 is 2.04 bits per heavy atom. The van der Waals surface area contributed by atoms with Gasteiger partial charge in [0.15, 0.2) is 5.16 Å². The number of carboxylic acid groups (broad SMARTS) is 1. The molecule has 3 rings (SSSR count). The molecule has 1 aromatic carbocycles. The molecule has 1 atom stereocenters. The summed E-state index contributed by atoms with van der Waals surface area (Å²) in [5, 5.41) is 12.1. The summed E-state index contributed by atoms with van der Waals surface area (Å²) in [6.07, 6.45) is 1.78. The molecular weight excluding hydrogens is 332 g/mol.